The van der Waals surface area contributed by atoms with Crippen LogP contribution in [0.4, 0.5) is 0 Å². The molecular formula is C12H14N4O5. The van der Waals surface area contributed by atoms with E-state index in [1.54, 1.807) is 4.57 Å². The van der Waals surface area contributed by atoms with E-state index in [0.29, 0.717) is 11.4 Å². The van der Waals surface area contributed by atoms with Crippen LogP contribution in [0, 0.1) is 0 Å². The first-order chi connectivity index (χ1) is 10.1. The summed E-state index contributed by atoms with van der Waals surface area (Å²) in [5, 5.41) is 18.9. The molecule has 0 bridgehead atoms. The van der Waals surface area contributed by atoms with Crippen molar-refractivity contribution in [2.75, 3.05) is 6.61 Å². The fraction of sp³-hybridized carbons (Fsp3) is 0.417. The summed E-state index contributed by atoms with van der Waals surface area (Å²) >= 11 is 0. The standard InChI is InChI=1S/C12H14N4O5/c17-4-9-8(18)2-11(21-9)16-5-13-3-7(16)6-1-10(19)15-12(20)14-6/h1,3,5,8-9,11,17-18H,2,4H2,(H2,14,15,19,20)/t8-,9+,11+/m0/s1. The van der Waals surface area contributed by atoms with Crippen LogP contribution in [0.1, 0.15) is 12.6 Å². The van der Waals surface area contributed by atoms with Gasteiger partial charge in [-0.2, -0.15) is 0 Å². The highest BCUT2D eigenvalue weighted by Gasteiger charge is 2.35. The normalized spacial score (nSPS) is 25.3. The van der Waals surface area contributed by atoms with Gasteiger partial charge >= 0.3 is 5.69 Å². The fourth-order valence-corrected chi connectivity index (χ4v) is 2.40. The van der Waals surface area contributed by atoms with E-state index in [2.05, 4.69) is 15.0 Å². The number of nitrogens with one attached hydrogen (secondary N) is 2. The number of imidazole rings is 1. The maximum absolute atomic E-state index is 11.4. The molecule has 9 nitrogen and oxygen atoms in total. The van der Waals surface area contributed by atoms with Crippen molar-refractivity contribution in [3.05, 3.63) is 39.4 Å². The predicted octanol–water partition coefficient (Wildman–Crippen LogP) is -1.43. The molecule has 2 aromatic rings. The first-order valence-corrected chi connectivity index (χ1v) is 6.38. The van der Waals surface area contributed by atoms with E-state index < -0.39 is 29.7 Å². The summed E-state index contributed by atoms with van der Waals surface area (Å²) in [6, 6.07) is 1.24. The van der Waals surface area contributed by atoms with E-state index in [-0.39, 0.29) is 13.0 Å². The summed E-state index contributed by atoms with van der Waals surface area (Å²) in [5.41, 5.74) is -0.367. The summed E-state index contributed by atoms with van der Waals surface area (Å²) in [5.74, 6) is 0. The summed E-state index contributed by atoms with van der Waals surface area (Å²) < 4.78 is 7.14. The SMILES string of the molecule is O=c1cc(-c2cncn2[C@H]2C[C@H](O)[C@@H](CO)O2)[nH]c(=O)[nH]1. The Kier molecular flexibility index (Phi) is 3.45. The quantitative estimate of drug-likeness (QED) is 0.548. The molecular weight excluding hydrogens is 280 g/mol. The zero-order valence-corrected chi connectivity index (χ0v) is 10.9. The lowest BCUT2D eigenvalue weighted by molar-refractivity contribution is -0.0438. The highest BCUT2D eigenvalue weighted by Crippen LogP contribution is 2.31. The number of hydrogen-bond donors (Lipinski definition) is 4. The van der Waals surface area contributed by atoms with Crippen molar-refractivity contribution in [2.45, 2.75) is 24.9 Å². The van der Waals surface area contributed by atoms with Gasteiger partial charge in [0.25, 0.3) is 5.56 Å². The summed E-state index contributed by atoms with van der Waals surface area (Å²) in [4.78, 5) is 31.3. The maximum atomic E-state index is 11.4. The average Bonchev–Trinajstić information content (AvgIpc) is 3.03. The van der Waals surface area contributed by atoms with E-state index in [0.717, 1.165) is 0 Å². The maximum Gasteiger partial charge on any atom is 0.326 e. The number of ether oxygens (including phenoxy) is 1. The van der Waals surface area contributed by atoms with Crippen molar-refractivity contribution >= 4 is 0 Å². The molecule has 0 unspecified atom stereocenters. The van der Waals surface area contributed by atoms with Crippen molar-refractivity contribution in [1.29, 1.82) is 0 Å². The number of aliphatic hydroxyl groups is 2. The van der Waals surface area contributed by atoms with Gasteiger partial charge < -0.3 is 24.5 Å². The predicted molar refractivity (Wildman–Crippen MR) is 70.5 cm³/mol. The van der Waals surface area contributed by atoms with Crippen LogP contribution in [0.5, 0.6) is 0 Å². The molecule has 112 valence electrons. The third kappa shape index (κ3) is 2.53. The van der Waals surface area contributed by atoms with Crippen LogP contribution in [-0.2, 0) is 4.74 Å². The van der Waals surface area contributed by atoms with Gasteiger partial charge in [-0.3, -0.25) is 9.78 Å². The van der Waals surface area contributed by atoms with Crippen LogP contribution >= 0.6 is 0 Å². The van der Waals surface area contributed by atoms with Gasteiger partial charge in [-0.05, 0) is 0 Å². The average molecular weight is 294 g/mol. The van der Waals surface area contributed by atoms with Crippen LogP contribution in [-0.4, -0.2) is 48.5 Å². The minimum atomic E-state index is -0.784. The topological polar surface area (TPSA) is 133 Å². The number of nitrogens with zero attached hydrogens (tertiary/aromatic N) is 2. The van der Waals surface area contributed by atoms with E-state index in [1.165, 1.54) is 18.6 Å². The lowest BCUT2D eigenvalue weighted by Gasteiger charge is -2.15. The van der Waals surface area contributed by atoms with Gasteiger partial charge in [0.15, 0.2) is 0 Å². The molecule has 0 aliphatic carbocycles. The Labute approximate surface area is 117 Å². The molecule has 0 spiro atoms. The zero-order chi connectivity index (χ0) is 15.0. The first kappa shape index (κ1) is 13.7. The number of rotatable bonds is 3. The van der Waals surface area contributed by atoms with Crippen LogP contribution in [0.2, 0.25) is 0 Å². The molecule has 3 atom stereocenters. The van der Waals surface area contributed by atoms with Crippen LogP contribution in [0.25, 0.3) is 11.4 Å². The molecule has 1 fully saturated rings. The molecule has 2 aromatic heterocycles. The van der Waals surface area contributed by atoms with Crippen molar-refractivity contribution in [2.24, 2.45) is 0 Å². The number of aromatic nitrogens is 4. The fourth-order valence-electron chi connectivity index (χ4n) is 2.40. The third-order valence-electron chi connectivity index (χ3n) is 3.40. The van der Waals surface area contributed by atoms with E-state index in [9.17, 15) is 14.7 Å². The summed E-state index contributed by atoms with van der Waals surface area (Å²) in [6.45, 7) is -0.288. The molecule has 3 heterocycles. The second-order valence-electron chi connectivity index (χ2n) is 4.80. The number of aromatic amines is 2. The lowest BCUT2D eigenvalue weighted by atomic mass is 10.2. The van der Waals surface area contributed by atoms with Gasteiger partial charge in [0.1, 0.15) is 12.3 Å². The second-order valence-corrected chi connectivity index (χ2v) is 4.80. The molecule has 4 N–H and O–H groups in total. The number of aliphatic hydroxyl groups excluding tert-OH is 2. The smallest absolute Gasteiger partial charge is 0.326 e. The van der Waals surface area contributed by atoms with Crippen LogP contribution in [0.15, 0.2) is 28.2 Å². The van der Waals surface area contributed by atoms with Gasteiger partial charge in [0.05, 0.1) is 36.6 Å². The highest BCUT2D eigenvalue weighted by atomic mass is 16.5. The van der Waals surface area contributed by atoms with Gasteiger partial charge in [-0.1, -0.05) is 0 Å². The molecule has 0 aromatic carbocycles. The van der Waals surface area contributed by atoms with Crippen LogP contribution in [0.3, 0.4) is 0 Å². The first-order valence-electron chi connectivity index (χ1n) is 6.38. The minimum absolute atomic E-state index is 0.280. The third-order valence-corrected chi connectivity index (χ3v) is 3.40. The Morgan fingerprint density at radius 1 is 1.43 bits per heavy atom. The Bertz CT molecular complexity index is 720. The molecule has 0 amide bonds. The number of H-pyrrole nitrogens is 2. The molecule has 1 aliphatic rings. The monoisotopic (exact) mass is 294 g/mol. The molecule has 9 heteroatoms. The Hall–Kier alpha value is -2.23. The van der Waals surface area contributed by atoms with E-state index >= 15 is 0 Å². The Morgan fingerprint density at radius 3 is 2.90 bits per heavy atom. The van der Waals surface area contributed by atoms with Gasteiger partial charge in [-0.15, -0.1) is 0 Å². The molecule has 0 radical (unpaired) electrons. The van der Waals surface area contributed by atoms with Crippen molar-refractivity contribution in [3.8, 4) is 11.4 Å². The molecule has 1 saturated heterocycles. The van der Waals surface area contributed by atoms with Gasteiger partial charge in [-0.25, -0.2) is 9.78 Å². The highest BCUT2D eigenvalue weighted by molar-refractivity contribution is 5.52. The molecule has 0 saturated carbocycles. The largest absolute Gasteiger partial charge is 0.394 e. The summed E-state index contributed by atoms with van der Waals surface area (Å²) in [7, 11) is 0. The van der Waals surface area contributed by atoms with Crippen molar-refractivity contribution in [3.63, 3.8) is 0 Å². The number of hydrogen-bond acceptors (Lipinski definition) is 6. The lowest BCUT2D eigenvalue weighted by Crippen LogP contribution is -2.24. The molecule has 21 heavy (non-hydrogen) atoms. The van der Waals surface area contributed by atoms with Gasteiger partial charge in [0.2, 0.25) is 0 Å². The van der Waals surface area contributed by atoms with Crippen molar-refractivity contribution < 1.29 is 14.9 Å². The second kappa shape index (κ2) is 5.28. The summed E-state index contributed by atoms with van der Waals surface area (Å²) in [6.07, 6.45) is 1.26. The molecule has 1 aliphatic heterocycles. The minimum Gasteiger partial charge on any atom is -0.394 e. The Balaban J connectivity index is 1.98. The zero-order valence-electron chi connectivity index (χ0n) is 10.9. The van der Waals surface area contributed by atoms with E-state index in [1.807, 2.05) is 0 Å². The Morgan fingerprint density at radius 2 is 2.24 bits per heavy atom. The van der Waals surface area contributed by atoms with E-state index in [4.69, 9.17) is 9.84 Å². The van der Waals surface area contributed by atoms with Crippen LogP contribution < -0.4 is 11.2 Å². The van der Waals surface area contributed by atoms with Gasteiger partial charge in [0, 0.05) is 12.5 Å². The molecule has 3 rings (SSSR count). The van der Waals surface area contributed by atoms with Crippen molar-refractivity contribution in [1.82, 2.24) is 19.5 Å².